The molecule has 8 nitrogen and oxygen atoms in total. The number of esters is 1. The van der Waals surface area contributed by atoms with Gasteiger partial charge in [0.25, 0.3) is 0 Å². The quantitative estimate of drug-likeness (QED) is 0.460. The molecule has 0 aromatic carbocycles. The fourth-order valence-corrected chi connectivity index (χ4v) is 2.71. The maximum atomic E-state index is 12.6. The zero-order valence-corrected chi connectivity index (χ0v) is 16.9. The third kappa shape index (κ3) is 6.48. The van der Waals surface area contributed by atoms with Crippen LogP contribution in [0.4, 0.5) is 9.59 Å². The predicted molar refractivity (Wildman–Crippen MR) is 95.3 cm³/mol. The van der Waals surface area contributed by atoms with Crippen molar-refractivity contribution in [1.29, 1.82) is 0 Å². The zero-order valence-electron chi connectivity index (χ0n) is 16.9. The first-order chi connectivity index (χ1) is 11.8. The number of nitrogens with zero attached hydrogens (tertiary/aromatic N) is 1. The van der Waals surface area contributed by atoms with Crippen molar-refractivity contribution in [1.82, 2.24) is 10.4 Å². The van der Waals surface area contributed by atoms with E-state index >= 15 is 0 Å². The number of rotatable bonds is 3. The van der Waals surface area contributed by atoms with Crippen molar-refractivity contribution >= 4 is 18.2 Å². The Morgan fingerprint density at radius 1 is 0.846 bits per heavy atom. The van der Waals surface area contributed by atoms with Gasteiger partial charge < -0.3 is 14.2 Å². The molecule has 0 aromatic rings. The molecule has 0 aromatic heterocycles. The summed E-state index contributed by atoms with van der Waals surface area (Å²) in [6.45, 7) is 10.1. The summed E-state index contributed by atoms with van der Waals surface area (Å²) in [5, 5.41) is 0.652. The number of hydrazine groups is 1. The maximum Gasteiger partial charge on any atom is 0.434 e. The molecule has 1 saturated carbocycles. The maximum absolute atomic E-state index is 12.6. The molecule has 1 fully saturated rings. The molecule has 26 heavy (non-hydrogen) atoms. The highest BCUT2D eigenvalue weighted by Crippen LogP contribution is 2.30. The lowest BCUT2D eigenvalue weighted by Gasteiger charge is -2.39. The lowest BCUT2D eigenvalue weighted by atomic mass is 9.82. The average Bonchev–Trinajstić information content (AvgIpc) is 2.49. The van der Waals surface area contributed by atoms with Crippen molar-refractivity contribution in [2.45, 2.75) is 90.4 Å². The Morgan fingerprint density at radius 3 is 1.62 bits per heavy atom. The summed E-state index contributed by atoms with van der Waals surface area (Å²) >= 11 is 0. The minimum atomic E-state index is -1.17. The first-order valence-corrected chi connectivity index (χ1v) is 8.92. The van der Waals surface area contributed by atoms with Crippen molar-refractivity contribution in [3.05, 3.63) is 0 Å². The number of amides is 2. The number of methoxy groups -OCH3 is 1. The highest BCUT2D eigenvalue weighted by atomic mass is 16.6. The molecule has 0 saturated heterocycles. The van der Waals surface area contributed by atoms with E-state index in [0.717, 1.165) is 19.3 Å². The largest absolute Gasteiger partial charge is 0.468 e. The van der Waals surface area contributed by atoms with E-state index in [9.17, 15) is 14.4 Å². The molecular weight excluding hydrogens is 340 g/mol. The molecule has 0 radical (unpaired) electrons. The van der Waals surface area contributed by atoms with Crippen LogP contribution in [0.1, 0.15) is 73.6 Å². The van der Waals surface area contributed by atoms with E-state index in [1.807, 2.05) is 0 Å². The Kier molecular flexibility index (Phi) is 7.04. The molecule has 1 aliphatic carbocycles. The monoisotopic (exact) mass is 372 g/mol. The van der Waals surface area contributed by atoms with Gasteiger partial charge in [-0.1, -0.05) is 19.3 Å². The first kappa shape index (κ1) is 22.2. The molecule has 1 N–H and O–H groups in total. The number of carbonyl (C=O) groups excluding carboxylic acids is 3. The highest BCUT2D eigenvalue weighted by molar-refractivity contribution is 5.89. The van der Waals surface area contributed by atoms with Gasteiger partial charge in [0.2, 0.25) is 0 Å². The Morgan fingerprint density at radius 2 is 1.27 bits per heavy atom. The van der Waals surface area contributed by atoms with E-state index in [1.54, 1.807) is 41.5 Å². The van der Waals surface area contributed by atoms with Crippen LogP contribution in [0.2, 0.25) is 0 Å². The van der Waals surface area contributed by atoms with E-state index in [0.29, 0.717) is 17.9 Å². The minimum Gasteiger partial charge on any atom is -0.468 e. The number of hydrogen-bond donors (Lipinski definition) is 1. The van der Waals surface area contributed by atoms with Gasteiger partial charge >= 0.3 is 18.2 Å². The van der Waals surface area contributed by atoms with E-state index in [4.69, 9.17) is 14.2 Å². The van der Waals surface area contributed by atoms with Crippen LogP contribution in [0, 0.1) is 0 Å². The van der Waals surface area contributed by atoms with Crippen molar-refractivity contribution in [3.63, 3.8) is 0 Å². The average molecular weight is 372 g/mol. The topological polar surface area (TPSA) is 94.2 Å². The highest BCUT2D eigenvalue weighted by Gasteiger charge is 2.46. The van der Waals surface area contributed by atoms with Crippen LogP contribution >= 0.6 is 0 Å². The van der Waals surface area contributed by atoms with E-state index < -0.39 is 34.9 Å². The smallest absolute Gasteiger partial charge is 0.434 e. The second kappa shape index (κ2) is 8.24. The van der Waals surface area contributed by atoms with Gasteiger partial charge in [-0.3, -0.25) is 0 Å². The molecule has 1 rings (SSSR count). The summed E-state index contributed by atoms with van der Waals surface area (Å²) < 4.78 is 15.5. The summed E-state index contributed by atoms with van der Waals surface area (Å²) in [6.07, 6.45) is 1.56. The second-order valence-corrected chi connectivity index (χ2v) is 8.54. The number of ether oxygens (including phenoxy) is 3. The molecular formula is C18H32N2O6. The Hall–Kier alpha value is -1.83. The van der Waals surface area contributed by atoms with Crippen molar-refractivity contribution in [2.24, 2.45) is 0 Å². The third-order valence-corrected chi connectivity index (χ3v) is 3.76. The van der Waals surface area contributed by atoms with Crippen LogP contribution < -0.4 is 5.43 Å². The number of carbonyl (C=O) groups is 3. The Bertz CT molecular complexity index is 499. The Labute approximate surface area is 155 Å². The molecule has 1 aliphatic rings. The SMILES string of the molecule is COC(=O)C1(NN(C(=O)OC(C)(C)C)C(=O)OC(C)(C)C)CCCCC1. The summed E-state index contributed by atoms with van der Waals surface area (Å²) in [6, 6.07) is 0. The van der Waals surface area contributed by atoms with Crippen molar-refractivity contribution in [2.75, 3.05) is 7.11 Å². The normalized spacial score (nSPS) is 17.2. The summed E-state index contributed by atoms with van der Waals surface area (Å²) in [4.78, 5) is 37.6. The number of nitrogens with one attached hydrogen (secondary N) is 1. The molecule has 8 heteroatoms. The van der Waals surface area contributed by atoms with Crippen LogP contribution in [-0.4, -0.2) is 47.0 Å². The minimum absolute atomic E-state index is 0.446. The van der Waals surface area contributed by atoms with E-state index in [2.05, 4.69) is 5.43 Å². The fraction of sp³-hybridized carbons (Fsp3) is 0.833. The second-order valence-electron chi connectivity index (χ2n) is 8.54. The molecule has 150 valence electrons. The lowest BCUT2D eigenvalue weighted by molar-refractivity contribution is -0.152. The van der Waals surface area contributed by atoms with Crippen LogP contribution in [0.3, 0.4) is 0 Å². The van der Waals surface area contributed by atoms with Gasteiger partial charge in [0, 0.05) is 0 Å². The first-order valence-electron chi connectivity index (χ1n) is 8.92. The summed E-state index contributed by atoms with van der Waals surface area (Å²) in [5.74, 6) is -0.519. The molecule has 0 heterocycles. The van der Waals surface area contributed by atoms with Gasteiger partial charge in [0.1, 0.15) is 16.7 Å². The summed E-state index contributed by atoms with van der Waals surface area (Å²) in [5.41, 5.74) is -0.0222. The van der Waals surface area contributed by atoms with Gasteiger partial charge in [0.05, 0.1) is 7.11 Å². The van der Waals surface area contributed by atoms with Crippen LogP contribution in [-0.2, 0) is 19.0 Å². The van der Waals surface area contributed by atoms with Crippen LogP contribution in [0.25, 0.3) is 0 Å². The molecule has 0 unspecified atom stereocenters. The zero-order chi connectivity index (χ0) is 20.2. The molecule has 0 atom stereocenters. The van der Waals surface area contributed by atoms with Crippen molar-refractivity contribution < 1.29 is 28.6 Å². The lowest BCUT2D eigenvalue weighted by Crippen LogP contribution is -2.64. The van der Waals surface area contributed by atoms with E-state index in [1.165, 1.54) is 7.11 Å². The van der Waals surface area contributed by atoms with Gasteiger partial charge in [-0.15, -0.1) is 5.01 Å². The molecule has 0 aliphatic heterocycles. The molecule has 2 amide bonds. The number of imide groups is 1. The number of hydrogen-bond acceptors (Lipinski definition) is 7. The standard InChI is InChI=1S/C18H32N2O6/c1-16(2,3)25-14(22)20(15(23)26-17(4,5)6)19-18(13(21)24-7)11-9-8-10-12-18/h19H,8-12H2,1-7H3. The van der Waals surface area contributed by atoms with Gasteiger partial charge in [-0.05, 0) is 54.4 Å². The van der Waals surface area contributed by atoms with Crippen LogP contribution in [0.5, 0.6) is 0 Å². The van der Waals surface area contributed by atoms with E-state index in [-0.39, 0.29) is 0 Å². The van der Waals surface area contributed by atoms with Crippen LogP contribution in [0.15, 0.2) is 0 Å². The van der Waals surface area contributed by atoms with Gasteiger partial charge in [-0.2, -0.15) is 0 Å². The summed E-state index contributed by atoms with van der Waals surface area (Å²) in [7, 11) is 1.28. The molecule has 0 bridgehead atoms. The fourth-order valence-electron chi connectivity index (χ4n) is 2.71. The van der Waals surface area contributed by atoms with Gasteiger partial charge in [-0.25, -0.2) is 19.8 Å². The van der Waals surface area contributed by atoms with Gasteiger partial charge in [0.15, 0.2) is 0 Å². The van der Waals surface area contributed by atoms with Crippen molar-refractivity contribution in [3.8, 4) is 0 Å². The Balaban J connectivity index is 3.14. The third-order valence-electron chi connectivity index (χ3n) is 3.76. The molecule has 0 spiro atoms. The predicted octanol–water partition coefficient (Wildman–Crippen LogP) is 3.54.